The van der Waals surface area contributed by atoms with Crippen LogP contribution < -0.4 is 5.56 Å². The van der Waals surface area contributed by atoms with E-state index in [9.17, 15) is 4.79 Å². The van der Waals surface area contributed by atoms with Crippen molar-refractivity contribution >= 4 is 11.8 Å². The van der Waals surface area contributed by atoms with Crippen LogP contribution in [0.25, 0.3) is 11.3 Å². The number of allylic oxidation sites excluding steroid dienone is 1. The first kappa shape index (κ1) is 21.4. The minimum atomic E-state index is -0.0328. The predicted molar refractivity (Wildman–Crippen MR) is 127 cm³/mol. The summed E-state index contributed by atoms with van der Waals surface area (Å²) in [5.74, 6) is 1.01. The molecule has 1 aromatic carbocycles. The van der Waals surface area contributed by atoms with Gasteiger partial charge in [-0.05, 0) is 38.2 Å². The highest BCUT2D eigenvalue weighted by molar-refractivity contribution is 7.99. The average Bonchev–Trinajstić information content (AvgIpc) is 3.18. The first-order valence-electron chi connectivity index (χ1n) is 11.6. The Morgan fingerprint density at radius 1 is 1.20 bits per heavy atom. The standard InChI is InChI=1S/C26H34N2OS/c1-4-5-6-11-16-30-25-27-23-21-13-8-7-12-20(21)17-26(14-9-10-15-26)22(23)24(29)28(25)18-19(2)3/h7-8,12-13H,2,4-6,9-11,14-18H2,1,3H3. The van der Waals surface area contributed by atoms with Crippen LogP contribution in [-0.2, 0) is 18.4 Å². The molecule has 160 valence electrons. The molecule has 4 rings (SSSR count). The van der Waals surface area contributed by atoms with Crippen molar-refractivity contribution in [3.05, 3.63) is 57.9 Å². The Bertz CT molecular complexity index is 985. The van der Waals surface area contributed by atoms with E-state index in [4.69, 9.17) is 4.98 Å². The van der Waals surface area contributed by atoms with E-state index in [-0.39, 0.29) is 11.0 Å². The monoisotopic (exact) mass is 422 g/mol. The van der Waals surface area contributed by atoms with Gasteiger partial charge in [-0.15, -0.1) is 0 Å². The number of hydrogen-bond donors (Lipinski definition) is 0. The van der Waals surface area contributed by atoms with Gasteiger partial charge in [0.15, 0.2) is 5.16 Å². The molecule has 0 radical (unpaired) electrons. The summed E-state index contributed by atoms with van der Waals surface area (Å²) in [5.41, 5.74) is 5.61. The molecule has 0 bridgehead atoms. The van der Waals surface area contributed by atoms with Gasteiger partial charge in [0.1, 0.15) is 0 Å². The van der Waals surface area contributed by atoms with Crippen LogP contribution in [-0.4, -0.2) is 15.3 Å². The fraction of sp³-hybridized carbons (Fsp3) is 0.538. The summed E-state index contributed by atoms with van der Waals surface area (Å²) < 4.78 is 1.92. The molecule has 30 heavy (non-hydrogen) atoms. The normalized spacial score (nSPS) is 16.5. The molecule has 0 unspecified atom stereocenters. The molecule has 0 amide bonds. The fourth-order valence-corrected chi connectivity index (χ4v) is 6.25. The first-order valence-corrected chi connectivity index (χ1v) is 12.5. The number of aromatic nitrogens is 2. The lowest BCUT2D eigenvalue weighted by molar-refractivity contribution is 0.417. The number of fused-ring (bicyclic) bond motifs is 4. The van der Waals surface area contributed by atoms with E-state index >= 15 is 0 Å². The zero-order valence-corrected chi connectivity index (χ0v) is 19.3. The van der Waals surface area contributed by atoms with Crippen molar-refractivity contribution in [1.82, 2.24) is 9.55 Å². The lowest BCUT2D eigenvalue weighted by Crippen LogP contribution is -2.40. The van der Waals surface area contributed by atoms with Crippen LogP contribution >= 0.6 is 11.8 Å². The Kier molecular flexibility index (Phi) is 6.52. The molecule has 3 nitrogen and oxygen atoms in total. The van der Waals surface area contributed by atoms with Gasteiger partial charge in [-0.1, -0.05) is 87.2 Å². The lowest BCUT2D eigenvalue weighted by atomic mass is 9.68. The fourth-order valence-electron chi connectivity index (χ4n) is 5.26. The van der Waals surface area contributed by atoms with Gasteiger partial charge >= 0.3 is 0 Å². The quantitative estimate of drug-likeness (QED) is 0.210. The maximum absolute atomic E-state index is 13.9. The zero-order chi connectivity index (χ0) is 21.1. The molecule has 0 N–H and O–H groups in total. The lowest BCUT2D eigenvalue weighted by Gasteiger charge is -2.36. The summed E-state index contributed by atoms with van der Waals surface area (Å²) in [6.45, 7) is 8.89. The van der Waals surface area contributed by atoms with Gasteiger partial charge in [0, 0.05) is 23.3 Å². The van der Waals surface area contributed by atoms with Crippen LogP contribution in [0, 0.1) is 0 Å². The Labute approximate surface area is 185 Å². The second-order valence-electron chi connectivity index (χ2n) is 9.20. The van der Waals surface area contributed by atoms with E-state index in [0.29, 0.717) is 6.54 Å². The molecule has 2 aliphatic rings. The number of rotatable bonds is 8. The van der Waals surface area contributed by atoms with E-state index in [2.05, 4.69) is 37.8 Å². The Balaban J connectivity index is 1.82. The van der Waals surface area contributed by atoms with Crippen LogP contribution in [0.5, 0.6) is 0 Å². The number of hydrogen-bond acceptors (Lipinski definition) is 3. The van der Waals surface area contributed by atoms with Gasteiger partial charge < -0.3 is 0 Å². The molecule has 2 aromatic rings. The smallest absolute Gasteiger partial charge is 0.258 e. The predicted octanol–water partition coefficient (Wildman–Crippen LogP) is 6.53. The van der Waals surface area contributed by atoms with E-state index in [1.165, 1.54) is 44.1 Å². The van der Waals surface area contributed by atoms with Crippen LogP contribution in [0.3, 0.4) is 0 Å². The highest BCUT2D eigenvalue weighted by Gasteiger charge is 2.44. The molecule has 0 atom stereocenters. The van der Waals surface area contributed by atoms with Gasteiger partial charge in [-0.3, -0.25) is 9.36 Å². The largest absolute Gasteiger partial charge is 0.283 e. The highest BCUT2D eigenvalue weighted by atomic mass is 32.2. The van der Waals surface area contributed by atoms with Crippen molar-refractivity contribution in [3.8, 4) is 11.3 Å². The molecule has 2 aliphatic carbocycles. The van der Waals surface area contributed by atoms with Crippen molar-refractivity contribution < 1.29 is 0 Å². The maximum atomic E-state index is 13.9. The van der Waals surface area contributed by atoms with Gasteiger partial charge in [-0.25, -0.2) is 4.98 Å². The van der Waals surface area contributed by atoms with Gasteiger partial charge in [0.25, 0.3) is 5.56 Å². The third-order valence-corrected chi connectivity index (χ3v) is 7.75. The third-order valence-electron chi connectivity index (χ3n) is 6.68. The van der Waals surface area contributed by atoms with Crippen LogP contribution in [0.15, 0.2) is 46.4 Å². The molecular formula is C26H34N2OS. The molecular weight excluding hydrogens is 388 g/mol. The molecule has 1 fully saturated rings. The van der Waals surface area contributed by atoms with Crippen molar-refractivity contribution in [2.24, 2.45) is 0 Å². The SMILES string of the molecule is C=C(C)Cn1c(SCCCCCC)nc2c(c1=O)C1(CCCC1)Cc1ccccc1-2. The molecule has 4 heteroatoms. The Hall–Kier alpha value is -1.81. The zero-order valence-electron chi connectivity index (χ0n) is 18.5. The summed E-state index contributed by atoms with van der Waals surface area (Å²) in [6.07, 6.45) is 10.5. The highest BCUT2D eigenvalue weighted by Crippen LogP contribution is 2.49. The topological polar surface area (TPSA) is 34.9 Å². The van der Waals surface area contributed by atoms with Crippen LogP contribution in [0.4, 0.5) is 0 Å². The molecule has 1 saturated carbocycles. The van der Waals surface area contributed by atoms with Gasteiger partial charge in [-0.2, -0.15) is 0 Å². The summed E-state index contributed by atoms with van der Waals surface area (Å²) in [6, 6.07) is 8.59. The summed E-state index contributed by atoms with van der Waals surface area (Å²) in [5, 5.41) is 0.864. The second kappa shape index (κ2) is 9.13. The molecule has 1 aromatic heterocycles. The minimum Gasteiger partial charge on any atom is -0.283 e. The van der Waals surface area contributed by atoms with Crippen molar-refractivity contribution in [2.75, 3.05) is 5.75 Å². The van der Waals surface area contributed by atoms with Gasteiger partial charge in [0.2, 0.25) is 0 Å². The number of thioether (sulfide) groups is 1. The van der Waals surface area contributed by atoms with E-state index in [1.807, 2.05) is 11.5 Å². The van der Waals surface area contributed by atoms with Crippen molar-refractivity contribution in [2.45, 2.75) is 88.8 Å². The molecule has 1 spiro atoms. The average molecular weight is 423 g/mol. The minimum absolute atomic E-state index is 0.0328. The van der Waals surface area contributed by atoms with Gasteiger partial charge in [0.05, 0.1) is 11.3 Å². The van der Waals surface area contributed by atoms with E-state index in [1.54, 1.807) is 11.8 Å². The first-order chi connectivity index (χ1) is 14.6. The molecule has 0 aliphatic heterocycles. The molecule has 0 saturated heterocycles. The molecule has 1 heterocycles. The summed E-state index contributed by atoms with van der Waals surface area (Å²) >= 11 is 1.74. The van der Waals surface area contributed by atoms with Crippen LogP contribution in [0.2, 0.25) is 0 Å². The third kappa shape index (κ3) is 4.03. The van der Waals surface area contributed by atoms with Crippen LogP contribution in [0.1, 0.15) is 76.3 Å². The number of nitrogens with zero attached hydrogens (tertiary/aromatic N) is 2. The van der Waals surface area contributed by atoms with Crippen molar-refractivity contribution in [3.63, 3.8) is 0 Å². The summed E-state index contributed by atoms with van der Waals surface area (Å²) in [4.78, 5) is 19.1. The second-order valence-corrected chi connectivity index (χ2v) is 10.3. The Morgan fingerprint density at radius 3 is 2.70 bits per heavy atom. The van der Waals surface area contributed by atoms with Crippen molar-refractivity contribution in [1.29, 1.82) is 0 Å². The Morgan fingerprint density at radius 2 is 1.97 bits per heavy atom. The summed E-state index contributed by atoms with van der Waals surface area (Å²) in [7, 11) is 0. The van der Waals surface area contributed by atoms with E-state index < -0.39 is 0 Å². The maximum Gasteiger partial charge on any atom is 0.258 e. The number of unbranched alkanes of at least 4 members (excludes halogenated alkanes) is 3. The van der Waals surface area contributed by atoms with E-state index in [0.717, 1.165) is 52.6 Å². The number of benzene rings is 1.